The largest absolute Gasteiger partial charge is 0.508 e. The van der Waals surface area contributed by atoms with Crippen molar-refractivity contribution in [3.05, 3.63) is 113 Å². The normalized spacial score (nSPS) is 14.0. The van der Waals surface area contributed by atoms with Gasteiger partial charge in [0.15, 0.2) is 0 Å². The minimum Gasteiger partial charge on any atom is -0.508 e. The van der Waals surface area contributed by atoms with Gasteiger partial charge in [-0.1, -0.05) is 42.5 Å². The molecule has 0 spiro atoms. The van der Waals surface area contributed by atoms with Crippen LogP contribution in [0, 0.1) is 0 Å². The lowest BCUT2D eigenvalue weighted by Gasteiger charge is -2.30. The summed E-state index contributed by atoms with van der Waals surface area (Å²) in [6, 6.07) is 23.7. The van der Waals surface area contributed by atoms with Crippen molar-refractivity contribution >= 4 is 17.3 Å². The number of phenols is 2. The molecular formula is C28H27N3O3. The highest BCUT2D eigenvalue weighted by molar-refractivity contribution is 6.40. The molecule has 3 aromatic carbocycles. The number of hydrogen-bond acceptors (Lipinski definition) is 5. The highest BCUT2D eigenvalue weighted by Crippen LogP contribution is 2.27. The van der Waals surface area contributed by atoms with Gasteiger partial charge in [0.1, 0.15) is 17.2 Å². The van der Waals surface area contributed by atoms with Crippen LogP contribution in [0.3, 0.4) is 0 Å². The van der Waals surface area contributed by atoms with E-state index in [4.69, 9.17) is 0 Å². The number of aliphatic imine (C=N–C) groups is 1. The summed E-state index contributed by atoms with van der Waals surface area (Å²) in [5, 5.41) is 22.7. The van der Waals surface area contributed by atoms with E-state index in [0.717, 1.165) is 33.8 Å². The zero-order valence-corrected chi connectivity index (χ0v) is 19.2. The van der Waals surface area contributed by atoms with E-state index in [1.165, 1.54) is 0 Å². The van der Waals surface area contributed by atoms with Crippen molar-refractivity contribution in [2.24, 2.45) is 4.99 Å². The van der Waals surface area contributed by atoms with E-state index in [9.17, 15) is 15.0 Å². The molecule has 6 heteroatoms. The topological polar surface area (TPSA) is 85.2 Å². The monoisotopic (exact) mass is 453 g/mol. The third kappa shape index (κ3) is 5.18. The van der Waals surface area contributed by atoms with Gasteiger partial charge in [0, 0.05) is 37.5 Å². The molecular weight excluding hydrogens is 426 g/mol. The first-order valence-corrected chi connectivity index (χ1v) is 11.0. The van der Waals surface area contributed by atoms with Crippen molar-refractivity contribution in [1.82, 2.24) is 10.2 Å². The van der Waals surface area contributed by atoms with Gasteiger partial charge in [-0.05, 0) is 60.0 Å². The molecule has 0 unspecified atom stereocenters. The SMILES string of the molecule is CN=C(Cc1ccc(O)cc1)C(=O)N1C=C(c2ccc(O)cc2)NC(Cc2ccccc2)=C1C. The van der Waals surface area contributed by atoms with Crippen LogP contribution in [0.15, 0.2) is 101 Å². The molecule has 172 valence electrons. The molecule has 3 N–H and O–H groups in total. The Hall–Kier alpha value is -4.32. The van der Waals surface area contributed by atoms with Gasteiger partial charge in [-0.3, -0.25) is 14.7 Å². The molecule has 1 amide bonds. The van der Waals surface area contributed by atoms with E-state index in [0.29, 0.717) is 18.6 Å². The van der Waals surface area contributed by atoms with Crippen LogP contribution in [0.1, 0.15) is 23.6 Å². The molecule has 1 aliphatic heterocycles. The Bertz CT molecular complexity index is 1260. The van der Waals surface area contributed by atoms with Crippen molar-refractivity contribution in [1.29, 1.82) is 0 Å². The lowest BCUT2D eigenvalue weighted by molar-refractivity contribution is -0.120. The van der Waals surface area contributed by atoms with Crippen LogP contribution in [0.4, 0.5) is 0 Å². The molecule has 3 aromatic rings. The second-order valence-electron chi connectivity index (χ2n) is 8.13. The average molecular weight is 454 g/mol. The molecule has 0 saturated carbocycles. The fourth-order valence-corrected chi connectivity index (χ4v) is 3.82. The zero-order valence-electron chi connectivity index (χ0n) is 19.2. The number of amides is 1. The van der Waals surface area contributed by atoms with Crippen molar-refractivity contribution in [2.45, 2.75) is 19.8 Å². The minimum absolute atomic E-state index is 0.179. The summed E-state index contributed by atoms with van der Waals surface area (Å²) in [6.07, 6.45) is 2.76. The summed E-state index contributed by atoms with van der Waals surface area (Å²) < 4.78 is 0. The summed E-state index contributed by atoms with van der Waals surface area (Å²) in [5.74, 6) is 0.146. The number of hydrogen-bond donors (Lipinski definition) is 3. The smallest absolute Gasteiger partial charge is 0.276 e. The second-order valence-corrected chi connectivity index (χ2v) is 8.13. The summed E-state index contributed by atoms with van der Waals surface area (Å²) >= 11 is 0. The number of carbonyl (C=O) groups excluding carboxylic acids is 1. The summed E-state index contributed by atoms with van der Waals surface area (Å²) in [4.78, 5) is 19.6. The second kappa shape index (κ2) is 10.1. The predicted octanol–water partition coefficient (Wildman–Crippen LogP) is 4.62. The lowest BCUT2D eigenvalue weighted by atomic mass is 10.0. The van der Waals surface area contributed by atoms with Crippen LogP contribution in [-0.4, -0.2) is 33.8 Å². The molecule has 0 radical (unpaired) electrons. The highest BCUT2D eigenvalue weighted by atomic mass is 16.3. The first-order valence-electron chi connectivity index (χ1n) is 11.0. The number of nitrogens with one attached hydrogen (secondary N) is 1. The molecule has 0 aromatic heterocycles. The molecule has 4 rings (SSSR count). The molecule has 0 saturated heterocycles. The van der Waals surface area contributed by atoms with E-state index in [2.05, 4.69) is 22.4 Å². The molecule has 6 nitrogen and oxygen atoms in total. The van der Waals surface area contributed by atoms with Crippen LogP contribution >= 0.6 is 0 Å². The molecule has 0 fully saturated rings. The number of nitrogens with zero attached hydrogens (tertiary/aromatic N) is 2. The van der Waals surface area contributed by atoms with E-state index >= 15 is 0 Å². The maximum Gasteiger partial charge on any atom is 0.276 e. The van der Waals surface area contributed by atoms with E-state index in [1.54, 1.807) is 54.5 Å². The maximum absolute atomic E-state index is 13.6. The van der Waals surface area contributed by atoms with Crippen LogP contribution < -0.4 is 5.32 Å². The Morgan fingerprint density at radius 1 is 0.882 bits per heavy atom. The first-order chi connectivity index (χ1) is 16.4. The molecule has 34 heavy (non-hydrogen) atoms. The quantitative estimate of drug-likeness (QED) is 0.476. The Kier molecular flexibility index (Phi) is 6.78. The van der Waals surface area contributed by atoms with Gasteiger partial charge in [-0.2, -0.15) is 0 Å². The van der Waals surface area contributed by atoms with Crippen LogP contribution in [0.25, 0.3) is 5.70 Å². The van der Waals surface area contributed by atoms with Crippen LogP contribution in [-0.2, 0) is 17.6 Å². The standard InChI is InChI=1S/C28H27N3O3/c1-19-25(16-20-6-4-3-5-7-20)30-27(22-10-14-24(33)15-11-22)18-31(19)28(34)26(29-2)17-21-8-12-23(32)13-9-21/h3-15,18,30,32-33H,16-17H2,1-2H3. The van der Waals surface area contributed by atoms with Crippen molar-refractivity contribution in [2.75, 3.05) is 7.05 Å². The van der Waals surface area contributed by atoms with Gasteiger partial charge >= 0.3 is 0 Å². The molecule has 0 atom stereocenters. The Morgan fingerprint density at radius 3 is 2.12 bits per heavy atom. The van der Waals surface area contributed by atoms with E-state index < -0.39 is 0 Å². The Morgan fingerprint density at radius 2 is 1.50 bits per heavy atom. The number of rotatable bonds is 6. The maximum atomic E-state index is 13.6. The highest BCUT2D eigenvalue weighted by Gasteiger charge is 2.26. The van der Waals surface area contributed by atoms with Crippen LogP contribution in [0.5, 0.6) is 11.5 Å². The summed E-state index contributed by atoms with van der Waals surface area (Å²) in [6.45, 7) is 1.92. The fourth-order valence-electron chi connectivity index (χ4n) is 3.82. The van der Waals surface area contributed by atoms with Crippen LogP contribution in [0.2, 0.25) is 0 Å². The molecule has 1 aliphatic rings. The van der Waals surface area contributed by atoms with Gasteiger partial charge < -0.3 is 15.5 Å². The number of aromatic hydroxyl groups is 2. The number of benzene rings is 3. The fraction of sp³-hybridized carbons (Fsp3) is 0.143. The van der Waals surface area contributed by atoms with Gasteiger partial charge in [0.2, 0.25) is 0 Å². The average Bonchev–Trinajstić information content (AvgIpc) is 2.85. The van der Waals surface area contributed by atoms with Gasteiger partial charge in [0.05, 0.1) is 5.70 Å². The van der Waals surface area contributed by atoms with E-state index in [1.807, 2.05) is 37.3 Å². The van der Waals surface area contributed by atoms with Gasteiger partial charge in [-0.15, -0.1) is 0 Å². The Labute approximate surface area is 199 Å². The van der Waals surface area contributed by atoms with Crippen molar-refractivity contribution < 1.29 is 15.0 Å². The molecule has 0 bridgehead atoms. The summed E-state index contributed by atoms with van der Waals surface area (Å²) in [7, 11) is 1.62. The van der Waals surface area contributed by atoms with E-state index in [-0.39, 0.29) is 17.4 Å². The lowest BCUT2D eigenvalue weighted by Crippen LogP contribution is -2.38. The third-order valence-electron chi connectivity index (χ3n) is 5.79. The minimum atomic E-state index is -0.212. The van der Waals surface area contributed by atoms with Gasteiger partial charge in [-0.25, -0.2) is 0 Å². The predicted molar refractivity (Wildman–Crippen MR) is 134 cm³/mol. The molecule has 0 aliphatic carbocycles. The van der Waals surface area contributed by atoms with Gasteiger partial charge in [0.25, 0.3) is 5.91 Å². The van der Waals surface area contributed by atoms with Crippen molar-refractivity contribution in [3.63, 3.8) is 0 Å². The number of phenolic OH excluding ortho intramolecular Hbond substituents is 2. The van der Waals surface area contributed by atoms with Crippen molar-refractivity contribution in [3.8, 4) is 11.5 Å². The number of carbonyl (C=O) groups is 1. The summed E-state index contributed by atoms with van der Waals surface area (Å²) in [5.41, 5.74) is 5.72. The first kappa shape index (κ1) is 22.9. The zero-order chi connectivity index (χ0) is 24.1. The third-order valence-corrected chi connectivity index (χ3v) is 5.79. The number of allylic oxidation sites excluding steroid dienone is 2. The molecule has 1 heterocycles. The Balaban J connectivity index is 1.69.